The Bertz CT molecular complexity index is 456. The lowest BCUT2D eigenvalue weighted by molar-refractivity contribution is -0.126. The Balaban J connectivity index is 0.00000176. The maximum atomic E-state index is 11.8. The van der Waals surface area contributed by atoms with E-state index < -0.39 is 0 Å². The van der Waals surface area contributed by atoms with Crippen LogP contribution in [0.25, 0.3) is 0 Å². The number of nitrogens with one attached hydrogen (secondary N) is 2. The number of rotatable bonds is 5. The van der Waals surface area contributed by atoms with Crippen LogP contribution in [-0.2, 0) is 11.3 Å². The SMILES string of the molecule is Cl.O=C(NCC1CCN(Cc2ccccc2)CC1)C1CNC1. The summed E-state index contributed by atoms with van der Waals surface area (Å²) in [6.07, 6.45) is 2.38. The van der Waals surface area contributed by atoms with E-state index in [4.69, 9.17) is 0 Å². The van der Waals surface area contributed by atoms with Gasteiger partial charge in [-0.15, -0.1) is 12.4 Å². The molecule has 0 aliphatic carbocycles. The lowest BCUT2D eigenvalue weighted by Crippen LogP contribution is -2.51. The Morgan fingerprint density at radius 3 is 2.45 bits per heavy atom. The molecule has 2 fully saturated rings. The molecule has 0 bridgehead atoms. The maximum Gasteiger partial charge on any atom is 0.225 e. The molecule has 2 saturated heterocycles. The molecule has 2 aliphatic rings. The van der Waals surface area contributed by atoms with Crippen LogP contribution in [0.5, 0.6) is 0 Å². The number of likely N-dealkylation sites (tertiary alicyclic amines) is 1. The minimum Gasteiger partial charge on any atom is -0.356 e. The van der Waals surface area contributed by atoms with Crippen molar-refractivity contribution in [1.29, 1.82) is 0 Å². The summed E-state index contributed by atoms with van der Waals surface area (Å²) in [7, 11) is 0. The summed E-state index contributed by atoms with van der Waals surface area (Å²) in [4.78, 5) is 14.3. The molecular weight excluding hydrogens is 298 g/mol. The molecule has 0 aromatic heterocycles. The van der Waals surface area contributed by atoms with Crippen LogP contribution in [0.3, 0.4) is 0 Å². The van der Waals surface area contributed by atoms with E-state index in [1.807, 2.05) is 0 Å². The van der Waals surface area contributed by atoms with Crippen LogP contribution in [-0.4, -0.2) is 43.5 Å². The highest BCUT2D eigenvalue weighted by molar-refractivity contribution is 5.85. The van der Waals surface area contributed by atoms with Gasteiger partial charge >= 0.3 is 0 Å². The molecule has 4 nitrogen and oxygen atoms in total. The molecule has 2 N–H and O–H groups in total. The third-order valence-corrected chi connectivity index (χ3v) is 4.67. The fourth-order valence-corrected chi connectivity index (χ4v) is 3.05. The van der Waals surface area contributed by atoms with Crippen molar-refractivity contribution in [3.63, 3.8) is 0 Å². The van der Waals surface area contributed by atoms with Crippen LogP contribution in [0.1, 0.15) is 18.4 Å². The van der Waals surface area contributed by atoms with Gasteiger partial charge in [0.25, 0.3) is 0 Å². The largest absolute Gasteiger partial charge is 0.356 e. The topological polar surface area (TPSA) is 44.4 Å². The highest BCUT2D eigenvalue weighted by Crippen LogP contribution is 2.18. The first kappa shape index (κ1) is 17.3. The van der Waals surface area contributed by atoms with Crippen LogP contribution < -0.4 is 10.6 Å². The lowest BCUT2D eigenvalue weighted by Gasteiger charge is -2.33. The van der Waals surface area contributed by atoms with Gasteiger partial charge in [0.05, 0.1) is 5.92 Å². The predicted molar refractivity (Wildman–Crippen MR) is 91.1 cm³/mol. The van der Waals surface area contributed by atoms with Crippen molar-refractivity contribution in [2.45, 2.75) is 19.4 Å². The van der Waals surface area contributed by atoms with E-state index in [1.165, 1.54) is 18.4 Å². The Kier molecular flexibility index (Phi) is 6.68. The van der Waals surface area contributed by atoms with Crippen molar-refractivity contribution in [1.82, 2.24) is 15.5 Å². The first-order chi connectivity index (χ1) is 10.3. The van der Waals surface area contributed by atoms with Crippen molar-refractivity contribution >= 4 is 18.3 Å². The lowest BCUT2D eigenvalue weighted by atomic mass is 9.95. The van der Waals surface area contributed by atoms with E-state index in [2.05, 4.69) is 45.9 Å². The number of carbonyl (C=O) groups excluding carboxylic acids is 1. The molecule has 22 heavy (non-hydrogen) atoms. The number of hydrogen-bond donors (Lipinski definition) is 2. The summed E-state index contributed by atoms with van der Waals surface area (Å²) in [6.45, 7) is 5.88. The van der Waals surface area contributed by atoms with Crippen LogP contribution in [0.15, 0.2) is 30.3 Å². The van der Waals surface area contributed by atoms with E-state index in [-0.39, 0.29) is 24.2 Å². The summed E-state index contributed by atoms with van der Waals surface area (Å²) in [5.74, 6) is 1.10. The Labute approximate surface area is 139 Å². The number of halogens is 1. The number of nitrogens with zero attached hydrogens (tertiary/aromatic N) is 1. The monoisotopic (exact) mass is 323 g/mol. The second-order valence-electron chi connectivity index (χ2n) is 6.31. The normalized spacial score (nSPS) is 20.0. The molecule has 0 atom stereocenters. The van der Waals surface area contributed by atoms with Crippen LogP contribution in [0.4, 0.5) is 0 Å². The minimum absolute atomic E-state index is 0. The van der Waals surface area contributed by atoms with Crippen molar-refractivity contribution in [2.24, 2.45) is 11.8 Å². The van der Waals surface area contributed by atoms with Crippen molar-refractivity contribution in [3.05, 3.63) is 35.9 Å². The van der Waals surface area contributed by atoms with Gasteiger partial charge in [0, 0.05) is 26.2 Å². The van der Waals surface area contributed by atoms with Gasteiger partial charge in [0.2, 0.25) is 5.91 Å². The molecular formula is C17H26ClN3O. The Morgan fingerprint density at radius 2 is 1.86 bits per heavy atom. The van der Waals surface area contributed by atoms with Crippen LogP contribution in [0.2, 0.25) is 0 Å². The summed E-state index contributed by atoms with van der Waals surface area (Å²) in [5.41, 5.74) is 1.39. The van der Waals surface area contributed by atoms with Gasteiger partial charge in [-0.2, -0.15) is 0 Å². The first-order valence-electron chi connectivity index (χ1n) is 8.06. The standard InChI is InChI=1S/C17H25N3O.ClH/c21-17(16-11-18-12-16)19-10-14-6-8-20(9-7-14)13-15-4-2-1-3-5-15;/h1-5,14,16,18H,6-13H2,(H,19,21);1H. The first-order valence-corrected chi connectivity index (χ1v) is 8.06. The van der Waals surface area contributed by atoms with Crippen molar-refractivity contribution < 1.29 is 4.79 Å². The highest BCUT2D eigenvalue weighted by Gasteiger charge is 2.26. The quantitative estimate of drug-likeness (QED) is 0.866. The summed E-state index contributed by atoms with van der Waals surface area (Å²) < 4.78 is 0. The number of piperidine rings is 1. The van der Waals surface area contributed by atoms with Crippen molar-refractivity contribution in [3.8, 4) is 0 Å². The molecule has 0 saturated carbocycles. The second kappa shape index (κ2) is 8.51. The van der Waals surface area contributed by atoms with E-state index in [0.29, 0.717) is 5.92 Å². The van der Waals surface area contributed by atoms with Gasteiger partial charge in [-0.1, -0.05) is 30.3 Å². The van der Waals surface area contributed by atoms with Crippen molar-refractivity contribution in [2.75, 3.05) is 32.7 Å². The zero-order valence-electron chi connectivity index (χ0n) is 13.0. The molecule has 1 amide bonds. The molecule has 3 rings (SSSR count). The molecule has 2 heterocycles. The average molecular weight is 324 g/mol. The molecule has 122 valence electrons. The molecule has 0 spiro atoms. The van der Waals surface area contributed by atoms with E-state index in [9.17, 15) is 4.79 Å². The highest BCUT2D eigenvalue weighted by atomic mass is 35.5. The molecule has 1 aromatic rings. The fourth-order valence-electron chi connectivity index (χ4n) is 3.05. The molecule has 0 unspecified atom stereocenters. The number of benzene rings is 1. The summed E-state index contributed by atoms with van der Waals surface area (Å²) in [6, 6.07) is 10.7. The number of amides is 1. The third kappa shape index (κ3) is 4.70. The Hall–Kier alpha value is -1.10. The van der Waals surface area contributed by atoms with E-state index in [0.717, 1.165) is 39.3 Å². The maximum absolute atomic E-state index is 11.8. The zero-order chi connectivity index (χ0) is 14.5. The van der Waals surface area contributed by atoms with E-state index >= 15 is 0 Å². The van der Waals surface area contributed by atoms with E-state index in [1.54, 1.807) is 0 Å². The minimum atomic E-state index is 0. The zero-order valence-corrected chi connectivity index (χ0v) is 13.8. The second-order valence-corrected chi connectivity index (χ2v) is 6.31. The number of hydrogen-bond acceptors (Lipinski definition) is 3. The molecule has 2 aliphatic heterocycles. The van der Waals surface area contributed by atoms with Gasteiger partial charge in [-0.25, -0.2) is 0 Å². The molecule has 1 aromatic carbocycles. The third-order valence-electron chi connectivity index (χ3n) is 4.67. The molecule has 0 radical (unpaired) electrons. The average Bonchev–Trinajstić information content (AvgIpc) is 2.46. The predicted octanol–water partition coefficient (Wildman–Crippen LogP) is 1.66. The number of carbonyl (C=O) groups is 1. The Morgan fingerprint density at radius 1 is 1.18 bits per heavy atom. The van der Waals surface area contributed by atoms with Gasteiger partial charge in [0.1, 0.15) is 0 Å². The van der Waals surface area contributed by atoms with Gasteiger partial charge in [-0.05, 0) is 37.4 Å². The van der Waals surface area contributed by atoms with Crippen LogP contribution in [0, 0.1) is 11.8 Å². The fraction of sp³-hybridized carbons (Fsp3) is 0.588. The van der Waals surface area contributed by atoms with Gasteiger partial charge < -0.3 is 10.6 Å². The molecule has 5 heteroatoms. The summed E-state index contributed by atoms with van der Waals surface area (Å²) in [5, 5.41) is 6.26. The smallest absolute Gasteiger partial charge is 0.225 e. The van der Waals surface area contributed by atoms with Crippen LogP contribution >= 0.6 is 12.4 Å². The summed E-state index contributed by atoms with van der Waals surface area (Å²) >= 11 is 0. The van der Waals surface area contributed by atoms with Gasteiger partial charge in [-0.3, -0.25) is 9.69 Å². The van der Waals surface area contributed by atoms with Gasteiger partial charge in [0.15, 0.2) is 0 Å².